The summed E-state index contributed by atoms with van der Waals surface area (Å²) in [6, 6.07) is 16.2. The van der Waals surface area contributed by atoms with E-state index in [0.29, 0.717) is 30.2 Å². The lowest BCUT2D eigenvalue weighted by molar-refractivity contribution is -0.142. The molecule has 0 aliphatic heterocycles. The van der Waals surface area contributed by atoms with Crippen LogP contribution in [-0.2, 0) is 20.9 Å². The van der Waals surface area contributed by atoms with E-state index in [1.165, 1.54) is 13.2 Å². The topological polar surface area (TPSA) is 97.6 Å². The first-order valence-corrected chi connectivity index (χ1v) is 8.97. The molecular formula is C22H22N2O5. The number of nitrogens with one attached hydrogen (secondary N) is 1. The Bertz CT molecular complexity index is 917. The molecule has 0 saturated carbocycles. The van der Waals surface area contributed by atoms with E-state index in [4.69, 9.17) is 9.47 Å². The van der Waals surface area contributed by atoms with Crippen LogP contribution in [0, 0.1) is 11.3 Å². The molecule has 0 saturated heterocycles. The largest absolute Gasteiger partial charge is 0.490 e. The molecule has 2 rings (SSSR count). The Kier molecular flexibility index (Phi) is 8.27. The van der Waals surface area contributed by atoms with Crippen molar-refractivity contribution in [1.82, 2.24) is 5.32 Å². The first kappa shape index (κ1) is 21.5. The molecule has 0 fully saturated rings. The van der Waals surface area contributed by atoms with Crippen LogP contribution in [0.3, 0.4) is 0 Å². The molecule has 0 radical (unpaired) electrons. The number of ether oxygens (including phenoxy) is 3. The number of amides is 1. The summed E-state index contributed by atoms with van der Waals surface area (Å²) >= 11 is 0. The number of nitrogens with zero attached hydrogens (tertiary/aromatic N) is 1. The summed E-state index contributed by atoms with van der Waals surface area (Å²) < 4.78 is 15.5. The Balaban J connectivity index is 2.14. The number of nitriles is 1. The Morgan fingerprint density at radius 1 is 1.10 bits per heavy atom. The Labute approximate surface area is 169 Å². The lowest BCUT2D eigenvalue weighted by atomic mass is 10.1. The fourth-order valence-corrected chi connectivity index (χ4v) is 2.39. The maximum absolute atomic E-state index is 12.3. The molecule has 2 aromatic carbocycles. The molecule has 2 aromatic rings. The van der Waals surface area contributed by atoms with E-state index in [1.54, 1.807) is 18.2 Å². The van der Waals surface area contributed by atoms with Gasteiger partial charge in [-0.2, -0.15) is 5.26 Å². The van der Waals surface area contributed by atoms with Gasteiger partial charge in [0.25, 0.3) is 5.91 Å². The lowest BCUT2D eigenvalue weighted by Crippen LogP contribution is -2.23. The van der Waals surface area contributed by atoms with Gasteiger partial charge in [-0.3, -0.25) is 4.79 Å². The second kappa shape index (κ2) is 11.1. The second-order valence-corrected chi connectivity index (χ2v) is 5.84. The summed E-state index contributed by atoms with van der Waals surface area (Å²) in [4.78, 5) is 23.6. The van der Waals surface area contributed by atoms with Gasteiger partial charge in [0.1, 0.15) is 11.6 Å². The standard InChI is InChI=1S/C22H22N2O5/c1-3-28-20-12-17(9-10-19(20)29-15-21(25)27-2)11-18(13-23)22(26)24-14-16-7-5-4-6-8-16/h4-12H,3,14-15H2,1-2H3,(H,24,26)/b18-11-. The number of carbonyl (C=O) groups is 2. The van der Waals surface area contributed by atoms with E-state index in [2.05, 4.69) is 10.1 Å². The van der Waals surface area contributed by atoms with Crippen LogP contribution in [0.15, 0.2) is 54.1 Å². The van der Waals surface area contributed by atoms with Crippen LogP contribution in [0.4, 0.5) is 0 Å². The van der Waals surface area contributed by atoms with Crippen LogP contribution < -0.4 is 14.8 Å². The van der Waals surface area contributed by atoms with Crippen LogP contribution in [0.1, 0.15) is 18.1 Å². The van der Waals surface area contributed by atoms with Gasteiger partial charge < -0.3 is 19.5 Å². The molecule has 150 valence electrons. The molecule has 7 nitrogen and oxygen atoms in total. The molecule has 0 unspecified atom stereocenters. The number of carbonyl (C=O) groups excluding carboxylic acids is 2. The quantitative estimate of drug-likeness (QED) is 0.399. The van der Waals surface area contributed by atoms with Crippen LogP contribution in [0.5, 0.6) is 11.5 Å². The van der Waals surface area contributed by atoms with Gasteiger partial charge in [0, 0.05) is 6.54 Å². The van der Waals surface area contributed by atoms with E-state index in [9.17, 15) is 14.9 Å². The minimum absolute atomic E-state index is 0.0355. The molecular weight excluding hydrogens is 372 g/mol. The Morgan fingerprint density at radius 2 is 1.86 bits per heavy atom. The third-order valence-electron chi connectivity index (χ3n) is 3.81. The van der Waals surface area contributed by atoms with Crippen molar-refractivity contribution in [3.05, 3.63) is 65.2 Å². The zero-order valence-corrected chi connectivity index (χ0v) is 16.3. The average Bonchev–Trinajstić information content (AvgIpc) is 2.75. The monoisotopic (exact) mass is 394 g/mol. The smallest absolute Gasteiger partial charge is 0.343 e. The Hall–Kier alpha value is -3.79. The zero-order valence-electron chi connectivity index (χ0n) is 16.3. The molecule has 0 aliphatic rings. The van der Waals surface area contributed by atoms with Crippen molar-refractivity contribution in [3.63, 3.8) is 0 Å². The van der Waals surface area contributed by atoms with Crippen LogP contribution in [0.25, 0.3) is 6.08 Å². The molecule has 0 aliphatic carbocycles. The van der Waals surface area contributed by atoms with Crippen molar-refractivity contribution >= 4 is 18.0 Å². The number of rotatable bonds is 9. The highest BCUT2D eigenvalue weighted by molar-refractivity contribution is 6.01. The fourth-order valence-electron chi connectivity index (χ4n) is 2.39. The Morgan fingerprint density at radius 3 is 2.52 bits per heavy atom. The SMILES string of the molecule is CCOc1cc(/C=C(/C#N)C(=O)NCc2ccccc2)ccc1OCC(=O)OC. The predicted molar refractivity (Wildman–Crippen MR) is 107 cm³/mol. The third-order valence-corrected chi connectivity index (χ3v) is 3.81. The highest BCUT2D eigenvalue weighted by atomic mass is 16.6. The van der Waals surface area contributed by atoms with Gasteiger partial charge >= 0.3 is 5.97 Å². The minimum atomic E-state index is -0.515. The van der Waals surface area contributed by atoms with Gasteiger partial charge in [0.2, 0.25) is 0 Å². The predicted octanol–water partition coefficient (Wildman–Crippen LogP) is 2.86. The summed E-state index contributed by atoms with van der Waals surface area (Å²) in [6.45, 7) is 2.26. The number of hydrogen-bond acceptors (Lipinski definition) is 6. The highest BCUT2D eigenvalue weighted by Gasteiger charge is 2.12. The van der Waals surface area contributed by atoms with E-state index in [0.717, 1.165) is 5.56 Å². The summed E-state index contributed by atoms with van der Waals surface area (Å²) in [5, 5.41) is 12.1. The van der Waals surface area contributed by atoms with Crippen molar-refractivity contribution in [2.75, 3.05) is 20.3 Å². The number of esters is 1. The molecule has 0 heterocycles. The van der Waals surface area contributed by atoms with E-state index in [-0.39, 0.29) is 12.2 Å². The molecule has 1 amide bonds. The second-order valence-electron chi connectivity index (χ2n) is 5.84. The number of benzene rings is 2. The maximum Gasteiger partial charge on any atom is 0.343 e. The van der Waals surface area contributed by atoms with Crippen molar-refractivity contribution in [1.29, 1.82) is 5.26 Å². The van der Waals surface area contributed by atoms with Crippen molar-refractivity contribution in [3.8, 4) is 17.6 Å². The summed E-state index contributed by atoms with van der Waals surface area (Å²) in [7, 11) is 1.27. The molecule has 0 bridgehead atoms. The number of hydrogen-bond donors (Lipinski definition) is 1. The van der Waals surface area contributed by atoms with Crippen LogP contribution in [0.2, 0.25) is 0 Å². The van der Waals surface area contributed by atoms with Crippen molar-refractivity contribution < 1.29 is 23.8 Å². The van der Waals surface area contributed by atoms with Crippen LogP contribution >= 0.6 is 0 Å². The van der Waals surface area contributed by atoms with Crippen molar-refractivity contribution in [2.45, 2.75) is 13.5 Å². The average molecular weight is 394 g/mol. The molecule has 7 heteroatoms. The van der Waals surface area contributed by atoms with Crippen molar-refractivity contribution in [2.24, 2.45) is 0 Å². The van der Waals surface area contributed by atoms with Gasteiger partial charge in [-0.25, -0.2) is 4.79 Å². The molecule has 29 heavy (non-hydrogen) atoms. The first-order valence-electron chi connectivity index (χ1n) is 8.97. The zero-order chi connectivity index (χ0) is 21.1. The number of methoxy groups -OCH3 is 1. The van der Waals surface area contributed by atoms with Gasteiger partial charge in [-0.15, -0.1) is 0 Å². The first-order chi connectivity index (χ1) is 14.1. The maximum atomic E-state index is 12.3. The summed E-state index contributed by atoms with van der Waals surface area (Å²) in [5.74, 6) is -0.229. The van der Waals surface area contributed by atoms with Gasteiger partial charge in [0.05, 0.1) is 13.7 Å². The minimum Gasteiger partial charge on any atom is -0.490 e. The third kappa shape index (κ3) is 6.70. The van der Waals surface area contributed by atoms with E-state index in [1.807, 2.05) is 43.3 Å². The molecule has 0 spiro atoms. The lowest BCUT2D eigenvalue weighted by Gasteiger charge is -2.12. The van der Waals surface area contributed by atoms with Crippen LogP contribution in [-0.4, -0.2) is 32.2 Å². The van der Waals surface area contributed by atoms with E-state index >= 15 is 0 Å². The van der Waals surface area contributed by atoms with Gasteiger partial charge in [-0.1, -0.05) is 36.4 Å². The van der Waals surface area contributed by atoms with Gasteiger partial charge in [0.15, 0.2) is 18.1 Å². The summed E-state index contributed by atoms with van der Waals surface area (Å²) in [5.41, 5.74) is 1.49. The molecule has 0 atom stereocenters. The highest BCUT2D eigenvalue weighted by Crippen LogP contribution is 2.29. The normalized spacial score (nSPS) is 10.6. The fraction of sp³-hybridized carbons (Fsp3) is 0.227. The molecule has 1 N–H and O–H groups in total. The molecule has 0 aromatic heterocycles. The van der Waals surface area contributed by atoms with Gasteiger partial charge in [-0.05, 0) is 36.3 Å². The summed E-state index contributed by atoms with van der Waals surface area (Å²) in [6.07, 6.45) is 1.47. The van der Waals surface area contributed by atoms with E-state index < -0.39 is 11.9 Å².